The average molecular weight is 289 g/mol. The van der Waals surface area contributed by atoms with E-state index in [0.717, 1.165) is 11.1 Å². The molecule has 0 fully saturated rings. The lowest BCUT2D eigenvalue weighted by Gasteiger charge is -2.18. The monoisotopic (exact) mass is 289 g/mol. The van der Waals surface area contributed by atoms with Gasteiger partial charge in [-0.25, -0.2) is 0 Å². The highest BCUT2D eigenvalue weighted by molar-refractivity contribution is 5.88. The van der Waals surface area contributed by atoms with E-state index in [1.54, 1.807) is 13.8 Å². The first-order valence-corrected chi connectivity index (χ1v) is 7.08. The molecule has 1 aromatic carbocycles. The van der Waals surface area contributed by atoms with Gasteiger partial charge in [-0.15, -0.1) is 0 Å². The van der Waals surface area contributed by atoms with E-state index in [0.29, 0.717) is 0 Å². The summed E-state index contributed by atoms with van der Waals surface area (Å²) in [5, 5.41) is 2.85. The Bertz CT molecular complexity index is 502. The molecule has 1 atom stereocenters. The molecule has 0 saturated heterocycles. The van der Waals surface area contributed by atoms with Gasteiger partial charge in [-0.1, -0.05) is 35.9 Å². The van der Waals surface area contributed by atoms with Crippen LogP contribution in [-0.4, -0.2) is 18.0 Å². The van der Waals surface area contributed by atoms with E-state index in [1.807, 2.05) is 44.2 Å². The highest BCUT2D eigenvalue weighted by atomic mass is 16.5. The van der Waals surface area contributed by atoms with E-state index in [9.17, 15) is 9.59 Å². The fourth-order valence-electron chi connectivity index (χ4n) is 1.89. The minimum atomic E-state index is -0.388. The number of ether oxygens (including phenoxy) is 1. The number of carbonyl (C=O) groups is 2. The molecule has 4 nitrogen and oxygen atoms in total. The van der Waals surface area contributed by atoms with E-state index >= 15 is 0 Å². The fourth-order valence-corrected chi connectivity index (χ4v) is 1.89. The Balaban J connectivity index is 2.83. The van der Waals surface area contributed by atoms with Crippen LogP contribution in [0.2, 0.25) is 0 Å². The van der Waals surface area contributed by atoms with Crippen LogP contribution in [0.25, 0.3) is 0 Å². The van der Waals surface area contributed by atoms with Crippen molar-refractivity contribution in [2.45, 2.75) is 46.3 Å². The van der Waals surface area contributed by atoms with Crippen LogP contribution in [0.15, 0.2) is 42.0 Å². The van der Waals surface area contributed by atoms with Gasteiger partial charge in [-0.05, 0) is 33.3 Å². The first-order valence-electron chi connectivity index (χ1n) is 7.08. The Labute approximate surface area is 126 Å². The molecular weight excluding hydrogens is 266 g/mol. The number of hydrogen-bond donors (Lipinski definition) is 1. The maximum atomic E-state index is 11.9. The Kier molecular flexibility index (Phi) is 6.66. The summed E-state index contributed by atoms with van der Waals surface area (Å²) < 4.78 is 5.16. The maximum absolute atomic E-state index is 11.9. The summed E-state index contributed by atoms with van der Waals surface area (Å²) >= 11 is 0. The minimum Gasteiger partial charge on any atom is -0.463 e. The molecule has 0 radical (unpaired) electrons. The Morgan fingerprint density at radius 1 is 1.19 bits per heavy atom. The van der Waals surface area contributed by atoms with Gasteiger partial charge in [0, 0.05) is 6.08 Å². The van der Waals surface area contributed by atoms with Gasteiger partial charge in [0.15, 0.2) is 0 Å². The second-order valence-electron chi connectivity index (χ2n) is 5.44. The molecule has 114 valence electrons. The van der Waals surface area contributed by atoms with Crippen LogP contribution in [0.5, 0.6) is 0 Å². The number of allylic oxidation sites excluding steroid dienone is 1. The summed E-state index contributed by atoms with van der Waals surface area (Å²) in [5.41, 5.74) is 1.79. The van der Waals surface area contributed by atoms with Crippen molar-refractivity contribution in [2.24, 2.45) is 0 Å². The highest BCUT2D eigenvalue weighted by Gasteiger charge is 2.19. The summed E-state index contributed by atoms with van der Waals surface area (Å²) in [5.74, 6) is -0.530. The van der Waals surface area contributed by atoms with Crippen molar-refractivity contribution in [1.29, 1.82) is 0 Å². The van der Waals surface area contributed by atoms with Crippen molar-refractivity contribution in [3.8, 4) is 0 Å². The van der Waals surface area contributed by atoms with Crippen molar-refractivity contribution in [2.75, 3.05) is 0 Å². The largest absolute Gasteiger partial charge is 0.463 e. The molecule has 0 saturated carbocycles. The Morgan fingerprint density at radius 3 is 2.33 bits per heavy atom. The number of nitrogens with one attached hydrogen (secondary N) is 1. The third-order valence-electron chi connectivity index (χ3n) is 2.68. The van der Waals surface area contributed by atoms with E-state index in [2.05, 4.69) is 5.32 Å². The third kappa shape index (κ3) is 6.75. The van der Waals surface area contributed by atoms with Crippen LogP contribution in [0, 0.1) is 0 Å². The highest BCUT2D eigenvalue weighted by Crippen LogP contribution is 2.17. The van der Waals surface area contributed by atoms with Gasteiger partial charge in [0.25, 0.3) is 0 Å². The summed E-state index contributed by atoms with van der Waals surface area (Å²) in [6.07, 6.45) is 1.47. The molecule has 1 rings (SSSR count). The van der Waals surface area contributed by atoms with Crippen LogP contribution in [0.4, 0.5) is 0 Å². The zero-order chi connectivity index (χ0) is 15.8. The molecule has 1 N–H and O–H groups in total. The second kappa shape index (κ2) is 8.25. The van der Waals surface area contributed by atoms with Crippen LogP contribution in [-0.2, 0) is 14.3 Å². The van der Waals surface area contributed by atoms with Gasteiger partial charge >= 0.3 is 5.97 Å². The number of esters is 1. The predicted octanol–water partition coefficient (Wildman–Crippen LogP) is 3.15. The zero-order valence-electron chi connectivity index (χ0n) is 13.1. The van der Waals surface area contributed by atoms with Crippen molar-refractivity contribution in [3.63, 3.8) is 0 Å². The third-order valence-corrected chi connectivity index (χ3v) is 2.68. The topological polar surface area (TPSA) is 55.4 Å². The van der Waals surface area contributed by atoms with Gasteiger partial charge < -0.3 is 10.1 Å². The lowest BCUT2D eigenvalue weighted by atomic mass is 10.0. The lowest BCUT2D eigenvalue weighted by Crippen LogP contribution is -2.30. The lowest BCUT2D eigenvalue weighted by molar-refractivity contribution is -0.148. The van der Waals surface area contributed by atoms with Gasteiger partial charge in [0.2, 0.25) is 5.91 Å². The molecule has 0 aromatic heterocycles. The van der Waals surface area contributed by atoms with Crippen molar-refractivity contribution < 1.29 is 14.3 Å². The quantitative estimate of drug-likeness (QED) is 0.646. The molecule has 0 aliphatic rings. The van der Waals surface area contributed by atoms with E-state index in [1.165, 1.54) is 6.08 Å². The normalized spacial score (nSPS) is 11.7. The molecule has 4 heteroatoms. The van der Waals surface area contributed by atoms with Gasteiger partial charge in [-0.2, -0.15) is 0 Å². The number of carbonyl (C=O) groups excluding carboxylic acids is 2. The molecule has 1 amide bonds. The summed E-state index contributed by atoms with van der Waals surface area (Å²) in [4.78, 5) is 23.8. The van der Waals surface area contributed by atoms with E-state index in [-0.39, 0.29) is 30.4 Å². The molecule has 1 aromatic rings. The molecule has 0 bridgehead atoms. The standard InChI is InChI=1S/C17H23NO3/c1-12(2)10-16(19)18-15(11-17(20)21-13(3)4)14-8-6-5-7-9-14/h5-10,13,15H,11H2,1-4H3,(H,18,19). The molecule has 21 heavy (non-hydrogen) atoms. The minimum absolute atomic E-state index is 0.116. The second-order valence-corrected chi connectivity index (χ2v) is 5.44. The van der Waals surface area contributed by atoms with Crippen molar-refractivity contribution in [1.82, 2.24) is 5.32 Å². The molecule has 1 unspecified atom stereocenters. The van der Waals surface area contributed by atoms with Crippen molar-refractivity contribution >= 4 is 11.9 Å². The Hall–Kier alpha value is -2.10. The first kappa shape index (κ1) is 17.0. The van der Waals surface area contributed by atoms with Crippen LogP contribution in [0.3, 0.4) is 0 Å². The number of amides is 1. The Morgan fingerprint density at radius 2 is 1.81 bits per heavy atom. The van der Waals surface area contributed by atoms with Gasteiger partial charge in [0.1, 0.15) is 0 Å². The van der Waals surface area contributed by atoms with Crippen molar-refractivity contribution in [3.05, 3.63) is 47.5 Å². The van der Waals surface area contributed by atoms with Gasteiger partial charge in [-0.3, -0.25) is 9.59 Å². The molecule has 0 spiro atoms. The first-order chi connectivity index (χ1) is 9.88. The molecule has 0 aliphatic carbocycles. The fraction of sp³-hybridized carbons (Fsp3) is 0.412. The summed E-state index contributed by atoms with van der Waals surface area (Å²) in [7, 11) is 0. The van der Waals surface area contributed by atoms with Gasteiger partial charge in [0.05, 0.1) is 18.6 Å². The van der Waals surface area contributed by atoms with E-state index < -0.39 is 0 Å². The van der Waals surface area contributed by atoms with Crippen LogP contribution >= 0.6 is 0 Å². The smallest absolute Gasteiger partial charge is 0.308 e. The van der Waals surface area contributed by atoms with Crippen LogP contribution in [0.1, 0.15) is 45.7 Å². The summed E-state index contributed by atoms with van der Waals surface area (Å²) in [6.45, 7) is 7.31. The number of rotatable bonds is 6. The van der Waals surface area contributed by atoms with Crippen LogP contribution < -0.4 is 5.32 Å². The van der Waals surface area contributed by atoms with E-state index in [4.69, 9.17) is 4.74 Å². The molecule has 0 aliphatic heterocycles. The maximum Gasteiger partial charge on any atom is 0.308 e. The summed E-state index contributed by atoms with van der Waals surface area (Å²) in [6, 6.07) is 9.03. The molecular formula is C17H23NO3. The predicted molar refractivity (Wildman–Crippen MR) is 82.6 cm³/mol. The number of benzene rings is 1. The average Bonchev–Trinajstić information content (AvgIpc) is 2.37. The number of hydrogen-bond acceptors (Lipinski definition) is 3. The zero-order valence-corrected chi connectivity index (χ0v) is 13.1. The molecule has 0 heterocycles. The SMILES string of the molecule is CC(C)=CC(=O)NC(CC(=O)OC(C)C)c1ccccc1.